The summed E-state index contributed by atoms with van der Waals surface area (Å²) in [5.74, 6) is 6.47. The molecule has 1 aromatic rings. The van der Waals surface area contributed by atoms with Crippen molar-refractivity contribution in [1.29, 1.82) is 0 Å². The van der Waals surface area contributed by atoms with E-state index < -0.39 is 0 Å². The molecule has 1 aromatic carbocycles. The molecule has 0 spiro atoms. The number of rotatable bonds is 2. The van der Waals surface area contributed by atoms with Crippen LogP contribution in [0.5, 0.6) is 5.75 Å². The minimum atomic E-state index is 0.436. The van der Waals surface area contributed by atoms with E-state index in [1.807, 2.05) is 12.1 Å². The van der Waals surface area contributed by atoms with Crippen LogP contribution >= 0.6 is 0 Å². The summed E-state index contributed by atoms with van der Waals surface area (Å²) < 4.78 is 5.50. The van der Waals surface area contributed by atoms with Crippen molar-refractivity contribution in [1.82, 2.24) is 0 Å². The predicted octanol–water partition coefficient (Wildman–Crippen LogP) is 1.57. The Bertz CT molecular complexity index is 312. The van der Waals surface area contributed by atoms with Gasteiger partial charge < -0.3 is 4.74 Å². The molecule has 0 aromatic heterocycles. The maximum atomic E-state index is 5.50. The van der Waals surface area contributed by atoms with Crippen LogP contribution in [0.15, 0.2) is 18.2 Å². The van der Waals surface area contributed by atoms with E-state index >= 15 is 0 Å². The smallest absolute Gasteiger partial charge is 0.123 e. The lowest BCUT2D eigenvalue weighted by Crippen LogP contribution is -1.98. The fraction of sp³-hybridized carbons (Fsp3) is 0.400. The largest absolute Gasteiger partial charge is 0.493 e. The van der Waals surface area contributed by atoms with Crippen molar-refractivity contribution in [3.8, 4) is 5.75 Å². The lowest BCUT2D eigenvalue weighted by molar-refractivity contribution is 0.124. The minimum Gasteiger partial charge on any atom is -0.493 e. The van der Waals surface area contributed by atoms with Crippen LogP contribution in [0.25, 0.3) is 0 Å². The number of nitrogens with two attached hydrogens (primary N) is 1. The number of fused-ring (bicyclic) bond motifs is 1. The van der Waals surface area contributed by atoms with Crippen molar-refractivity contribution in [3.05, 3.63) is 29.3 Å². The highest BCUT2D eigenvalue weighted by Gasteiger charge is 2.19. The molecule has 0 saturated carbocycles. The highest BCUT2D eigenvalue weighted by Crippen LogP contribution is 2.33. The van der Waals surface area contributed by atoms with Gasteiger partial charge in [-0.2, -0.15) is 0 Å². The molecule has 0 amide bonds. The molecule has 0 saturated heterocycles. The number of ether oxygens (including phenoxy) is 1. The first-order valence-electron chi connectivity index (χ1n) is 4.38. The van der Waals surface area contributed by atoms with Gasteiger partial charge in [0.1, 0.15) is 5.75 Å². The first-order chi connectivity index (χ1) is 6.31. The first-order valence-corrected chi connectivity index (χ1v) is 4.38. The molecule has 1 aliphatic rings. The van der Waals surface area contributed by atoms with Crippen LogP contribution in [0.1, 0.15) is 24.0 Å². The Morgan fingerprint density at radius 3 is 3.23 bits per heavy atom. The van der Waals surface area contributed by atoms with E-state index in [0.29, 0.717) is 12.5 Å². The second-order valence-corrected chi connectivity index (χ2v) is 3.40. The molecule has 0 bridgehead atoms. The average Bonchev–Trinajstić information content (AvgIpc) is 2.48. The molecule has 0 fully saturated rings. The zero-order valence-electron chi connectivity index (χ0n) is 7.62. The van der Waals surface area contributed by atoms with Gasteiger partial charge in [0.25, 0.3) is 0 Å². The summed E-state index contributed by atoms with van der Waals surface area (Å²) in [6.45, 7) is 3.37. The Hall–Kier alpha value is -1.06. The second kappa shape index (κ2) is 3.36. The molecule has 3 heteroatoms. The summed E-state index contributed by atoms with van der Waals surface area (Å²) in [7, 11) is 0. The molecule has 0 radical (unpaired) electrons. The summed E-state index contributed by atoms with van der Waals surface area (Å²) in [5, 5.41) is 0. The maximum absolute atomic E-state index is 5.50. The second-order valence-electron chi connectivity index (χ2n) is 3.40. The van der Waals surface area contributed by atoms with Crippen LogP contribution < -0.4 is 10.6 Å². The first kappa shape index (κ1) is 8.53. The average molecular weight is 179 g/mol. The molecular weight excluding hydrogens is 166 g/mol. The van der Waals surface area contributed by atoms with Gasteiger partial charge in [0, 0.05) is 11.5 Å². The highest BCUT2D eigenvalue weighted by molar-refractivity contribution is 5.42. The Kier molecular flexibility index (Phi) is 2.20. The Morgan fingerprint density at radius 1 is 1.62 bits per heavy atom. The number of benzene rings is 1. The van der Waals surface area contributed by atoms with E-state index in [4.69, 9.17) is 10.6 Å². The number of hydrogen-bond acceptors (Lipinski definition) is 3. The zero-order valence-corrected chi connectivity index (χ0v) is 7.62. The summed E-state index contributed by atoms with van der Waals surface area (Å²) >= 11 is 0. The van der Waals surface area contributed by atoms with Gasteiger partial charge in [-0.1, -0.05) is 19.1 Å². The van der Waals surface area contributed by atoms with Crippen LogP contribution in [0.4, 0.5) is 0 Å². The van der Waals surface area contributed by atoms with Crippen molar-refractivity contribution in [2.75, 3.05) is 6.61 Å². The minimum absolute atomic E-state index is 0.436. The summed E-state index contributed by atoms with van der Waals surface area (Å²) in [6, 6.07) is 6.10. The lowest BCUT2D eigenvalue weighted by atomic mass is 10.0. The lowest BCUT2D eigenvalue weighted by Gasteiger charge is -2.03. The van der Waals surface area contributed by atoms with Crippen LogP contribution in [0.2, 0.25) is 0 Å². The molecule has 1 atom stereocenters. The fourth-order valence-corrected chi connectivity index (χ4v) is 1.60. The van der Waals surface area contributed by atoms with E-state index in [1.165, 1.54) is 5.56 Å². The van der Waals surface area contributed by atoms with E-state index in [1.54, 1.807) is 0 Å². The van der Waals surface area contributed by atoms with E-state index in [9.17, 15) is 0 Å². The molecular formula is C10H13NO2. The fourth-order valence-electron chi connectivity index (χ4n) is 1.60. The van der Waals surface area contributed by atoms with E-state index in [-0.39, 0.29) is 0 Å². The van der Waals surface area contributed by atoms with Crippen molar-refractivity contribution in [2.45, 2.75) is 19.4 Å². The molecule has 13 heavy (non-hydrogen) atoms. The van der Waals surface area contributed by atoms with Crippen molar-refractivity contribution >= 4 is 0 Å². The van der Waals surface area contributed by atoms with Gasteiger partial charge in [0.2, 0.25) is 0 Å². The van der Waals surface area contributed by atoms with E-state index in [0.717, 1.165) is 17.9 Å². The van der Waals surface area contributed by atoms with Gasteiger partial charge >= 0.3 is 0 Å². The normalized spacial score (nSPS) is 19.7. The van der Waals surface area contributed by atoms with E-state index in [2.05, 4.69) is 17.8 Å². The molecule has 1 heterocycles. The molecule has 1 aliphatic heterocycles. The van der Waals surface area contributed by atoms with Gasteiger partial charge in [0.15, 0.2) is 0 Å². The van der Waals surface area contributed by atoms with Crippen molar-refractivity contribution in [3.63, 3.8) is 0 Å². The van der Waals surface area contributed by atoms with Crippen LogP contribution in [-0.4, -0.2) is 6.61 Å². The zero-order chi connectivity index (χ0) is 9.26. The van der Waals surface area contributed by atoms with Crippen LogP contribution in [0, 0.1) is 0 Å². The third-order valence-corrected chi connectivity index (χ3v) is 2.35. The maximum Gasteiger partial charge on any atom is 0.123 e. The summed E-state index contributed by atoms with van der Waals surface area (Å²) in [6.07, 6.45) is 0. The van der Waals surface area contributed by atoms with Gasteiger partial charge in [-0.3, -0.25) is 4.84 Å². The Labute approximate surface area is 77.4 Å². The molecule has 1 unspecified atom stereocenters. The molecule has 70 valence electrons. The highest BCUT2D eigenvalue weighted by atomic mass is 16.6. The van der Waals surface area contributed by atoms with Crippen molar-refractivity contribution < 1.29 is 9.57 Å². The Balaban J connectivity index is 2.29. The van der Waals surface area contributed by atoms with Gasteiger partial charge in [-0.25, -0.2) is 5.90 Å². The standard InChI is InChI=1S/C10H13NO2/c1-7-5-12-10-4-8(6-13-11)2-3-9(7)10/h2-4,7H,5-6,11H2,1H3. The summed E-state index contributed by atoms with van der Waals surface area (Å²) in [4.78, 5) is 4.56. The SMILES string of the molecule is CC1COc2cc(CON)ccc21. The third kappa shape index (κ3) is 1.53. The monoisotopic (exact) mass is 179 g/mol. The molecule has 3 nitrogen and oxygen atoms in total. The molecule has 0 aliphatic carbocycles. The molecule has 2 rings (SSSR count). The quantitative estimate of drug-likeness (QED) is 0.701. The van der Waals surface area contributed by atoms with Crippen molar-refractivity contribution in [2.24, 2.45) is 5.90 Å². The van der Waals surface area contributed by atoms with Gasteiger partial charge in [0.05, 0.1) is 13.2 Å². The van der Waals surface area contributed by atoms with Crippen LogP contribution in [-0.2, 0) is 11.4 Å². The van der Waals surface area contributed by atoms with Gasteiger partial charge in [-0.15, -0.1) is 0 Å². The van der Waals surface area contributed by atoms with Gasteiger partial charge in [-0.05, 0) is 11.6 Å². The summed E-state index contributed by atoms with van der Waals surface area (Å²) in [5.41, 5.74) is 2.33. The molecule has 2 N–H and O–H groups in total. The third-order valence-electron chi connectivity index (χ3n) is 2.35. The van der Waals surface area contributed by atoms with Crippen LogP contribution in [0.3, 0.4) is 0 Å². The Morgan fingerprint density at radius 2 is 2.46 bits per heavy atom. The number of hydrogen-bond donors (Lipinski definition) is 1. The predicted molar refractivity (Wildman–Crippen MR) is 49.3 cm³/mol. The topological polar surface area (TPSA) is 44.5 Å².